The van der Waals surface area contributed by atoms with E-state index in [-0.39, 0.29) is 12.2 Å². The van der Waals surface area contributed by atoms with E-state index in [0.717, 1.165) is 17.1 Å². The van der Waals surface area contributed by atoms with Crippen molar-refractivity contribution in [2.75, 3.05) is 0 Å². The van der Waals surface area contributed by atoms with Crippen LogP contribution in [0.5, 0.6) is 0 Å². The van der Waals surface area contributed by atoms with Crippen LogP contribution in [0.25, 0.3) is 0 Å². The van der Waals surface area contributed by atoms with E-state index in [1.165, 1.54) is 6.92 Å². The molecule has 1 atom stereocenters. The maximum Gasteiger partial charge on any atom is 0.325 e. The average Bonchev–Trinajstić information content (AvgIpc) is 2.65. The number of amides is 1. The highest BCUT2D eigenvalue weighted by Gasteiger charge is 2.15. The summed E-state index contributed by atoms with van der Waals surface area (Å²) in [6.45, 7) is 1.04. The van der Waals surface area contributed by atoms with E-state index >= 15 is 0 Å². The predicted octanol–water partition coefficient (Wildman–Crippen LogP) is -0.619. The molecule has 0 aromatic carbocycles. The first kappa shape index (κ1) is 12.6. The van der Waals surface area contributed by atoms with Crippen LogP contribution < -0.4 is 5.32 Å². The first-order chi connectivity index (χ1) is 7.90. The maximum absolute atomic E-state index is 11.3. The van der Waals surface area contributed by atoms with Crippen LogP contribution in [0, 0.1) is 10.1 Å². The Labute approximate surface area is 95.2 Å². The van der Waals surface area contributed by atoms with Gasteiger partial charge in [0, 0.05) is 0 Å². The number of nitro groups is 1. The summed E-state index contributed by atoms with van der Waals surface area (Å²) in [7, 11) is 0. The van der Waals surface area contributed by atoms with Gasteiger partial charge in [0.05, 0.1) is 4.92 Å². The van der Waals surface area contributed by atoms with Gasteiger partial charge in [0.2, 0.25) is 5.91 Å². The number of hydrogen-bond donors (Lipinski definition) is 2. The summed E-state index contributed by atoms with van der Waals surface area (Å²) >= 11 is 0. The highest BCUT2D eigenvalue weighted by molar-refractivity contribution is 5.82. The van der Waals surface area contributed by atoms with E-state index in [9.17, 15) is 19.7 Å². The van der Waals surface area contributed by atoms with Crippen molar-refractivity contribution in [3.63, 3.8) is 0 Å². The third-order valence-corrected chi connectivity index (χ3v) is 1.88. The van der Waals surface area contributed by atoms with E-state index in [1.54, 1.807) is 0 Å². The molecule has 0 aliphatic carbocycles. The molecule has 1 unspecified atom stereocenters. The van der Waals surface area contributed by atoms with Gasteiger partial charge in [-0.1, -0.05) is 0 Å². The van der Waals surface area contributed by atoms with Gasteiger partial charge in [-0.05, 0) is 6.92 Å². The van der Waals surface area contributed by atoms with Crippen molar-refractivity contribution >= 4 is 17.6 Å². The molecule has 1 rings (SSSR count). The SMILES string of the molecule is CC(NC(=O)Cn1cc([N+](=O)[O-])cn1)C(=O)O. The second-order valence-corrected chi connectivity index (χ2v) is 3.28. The van der Waals surface area contributed by atoms with E-state index < -0.39 is 22.8 Å². The molecular weight excluding hydrogens is 232 g/mol. The van der Waals surface area contributed by atoms with Crippen molar-refractivity contribution in [2.45, 2.75) is 19.5 Å². The smallest absolute Gasteiger partial charge is 0.325 e. The Morgan fingerprint density at radius 1 is 1.71 bits per heavy atom. The number of nitrogens with one attached hydrogen (secondary N) is 1. The van der Waals surface area contributed by atoms with Gasteiger partial charge < -0.3 is 10.4 Å². The Hall–Kier alpha value is -2.45. The molecule has 1 heterocycles. The molecular formula is C8H10N4O5. The van der Waals surface area contributed by atoms with Gasteiger partial charge in [0.15, 0.2) is 0 Å². The number of carboxylic acid groups (broad SMARTS) is 1. The minimum Gasteiger partial charge on any atom is -0.480 e. The highest BCUT2D eigenvalue weighted by atomic mass is 16.6. The molecule has 0 bridgehead atoms. The lowest BCUT2D eigenvalue weighted by Gasteiger charge is -2.08. The Balaban J connectivity index is 2.56. The van der Waals surface area contributed by atoms with Crippen LogP contribution in [-0.4, -0.2) is 37.7 Å². The third-order valence-electron chi connectivity index (χ3n) is 1.88. The fraction of sp³-hybridized carbons (Fsp3) is 0.375. The third kappa shape index (κ3) is 3.55. The molecule has 92 valence electrons. The molecule has 2 N–H and O–H groups in total. The van der Waals surface area contributed by atoms with Crippen LogP contribution in [0.3, 0.4) is 0 Å². The number of nitrogens with zero attached hydrogens (tertiary/aromatic N) is 3. The molecule has 1 amide bonds. The number of hydrogen-bond acceptors (Lipinski definition) is 5. The summed E-state index contributed by atoms with van der Waals surface area (Å²) in [5.74, 6) is -1.75. The minimum absolute atomic E-state index is 0.232. The van der Waals surface area contributed by atoms with Crippen molar-refractivity contribution < 1.29 is 19.6 Å². The lowest BCUT2D eigenvalue weighted by Crippen LogP contribution is -2.40. The second-order valence-electron chi connectivity index (χ2n) is 3.28. The minimum atomic E-state index is -1.16. The summed E-state index contributed by atoms with van der Waals surface area (Å²) in [6, 6.07) is -1.02. The predicted molar refractivity (Wildman–Crippen MR) is 54.1 cm³/mol. The molecule has 0 saturated carbocycles. The zero-order valence-electron chi connectivity index (χ0n) is 8.86. The molecule has 17 heavy (non-hydrogen) atoms. The fourth-order valence-corrected chi connectivity index (χ4v) is 1.03. The standard InChI is InChI=1S/C8H10N4O5/c1-5(8(14)15)10-7(13)4-11-3-6(2-9-11)12(16)17/h2-3,5H,4H2,1H3,(H,10,13)(H,14,15). The van der Waals surface area contributed by atoms with E-state index in [0.29, 0.717) is 0 Å². The van der Waals surface area contributed by atoms with Gasteiger partial charge in [-0.3, -0.25) is 24.4 Å². The van der Waals surface area contributed by atoms with Crippen molar-refractivity contribution in [2.24, 2.45) is 0 Å². The van der Waals surface area contributed by atoms with Crippen LogP contribution in [0.4, 0.5) is 5.69 Å². The van der Waals surface area contributed by atoms with Crippen LogP contribution >= 0.6 is 0 Å². The van der Waals surface area contributed by atoms with E-state index in [2.05, 4.69) is 10.4 Å². The van der Waals surface area contributed by atoms with Crippen LogP contribution in [0.15, 0.2) is 12.4 Å². The summed E-state index contributed by atoms with van der Waals surface area (Å²) in [6.07, 6.45) is 2.10. The van der Waals surface area contributed by atoms with Gasteiger partial charge in [0.25, 0.3) is 0 Å². The molecule has 9 heteroatoms. The van der Waals surface area contributed by atoms with Gasteiger partial charge in [-0.25, -0.2) is 0 Å². The van der Waals surface area contributed by atoms with Crippen LogP contribution in [-0.2, 0) is 16.1 Å². The molecule has 0 aliphatic heterocycles. The van der Waals surface area contributed by atoms with Crippen molar-refractivity contribution in [1.82, 2.24) is 15.1 Å². The molecule has 0 aliphatic rings. The fourth-order valence-electron chi connectivity index (χ4n) is 1.03. The van der Waals surface area contributed by atoms with Gasteiger partial charge in [-0.2, -0.15) is 5.10 Å². The summed E-state index contributed by atoms with van der Waals surface area (Å²) in [4.78, 5) is 31.5. The molecule has 0 saturated heterocycles. The normalized spacial score (nSPS) is 11.8. The summed E-state index contributed by atoms with van der Waals surface area (Å²) < 4.78 is 1.06. The van der Waals surface area contributed by atoms with Crippen molar-refractivity contribution in [3.05, 3.63) is 22.5 Å². The Kier molecular flexibility index (Phi) is 3.75. The number of rotatable bonds is 5. The van der Waals surface area contributed by atoms with Crippen LogP contribution in [0.1, 0.15) is 6.92 Å². The lowest BCUT2D eigenvalue weighted by molar-refractivity contribution is -0.385. The molecule has 0 spiro atoms. The first-order valence-corrected chi connectivity index (χ1v) is 4.59. The lowest BCUT2D eigenvalue weighted by atomic mass is 10.3. The molecule has 0 fully saturated rings. The molecule has 1 aromatic rings. The van der Waals surface area contributed by atoms with Crippen molar-refractivity contribution in [3.8, 4) is 0 Å². The highest BCUT2D eigenvalue weighted by Crippen LogP contribution is 2.07. The van der Waals surface area contributed by atoms with Gasteiger partial charge >= 0.3 is 11.7 Å². The molecule has 1 aromatic heterocycles. The summed E-state index contributed by atoms with van der Waals surface area (Å²) in [5, 5.41) is 24.7. The molecule has 9 nitrogen and oxygen atoms in total. The first-order valence-electron chi connectivity index (χ1n) is 4.59. The number of carbonyl (C=O) groups is 2. The van der Waals surface area contributed by atoms with E-state index in [4.69, 9.17) is 5.11 Å². The monoisotopic (exact) mass is 242 g/mol. The average molecular weight is 242 g/mol. The Bertz CT molecular complexity index is 455. The Morgan fingerprint density at radius 2 is 2.35 bits per heavy atom. The number of aliphatic carboxylic acids is 1. The topological polar surface area (TPSA) is 127 Å². The van der Waals surface area contributed by atoms with Gasteiger partial charge in [-0.15, -0.1) is 0 Å². The zero-order valence-corrected chi connectivity index (χ0v) is 8.86. The largest absolute Gasteiger partial charge is 0.480 e. The van der Waals surface area contributed by atoms with E-state index in [1.807, 2.05) is 0 Å². The Morgan fingerprint density at radius 3 is 2.82 bits per heavy atom. The second kappa shape index (κ2) is 5.05. The van der Waals surface area contributed by atoms with Crippen LogP contribution in [0.2, 0.25) is 0 Å². The van der Waals surface area contributed by atoms with Crippen molar-refractivity contribution in [1.29, 1.82) is 0 Å². The summed E-state index contributed by atoms with van der Waals surface area (Å²) in [5.41, 5.74) is -0.232. The quantitative estimate of drug-likeness (QED) is 0.523. The molecule has 0 radical (unpaired) electrons. The number of carboxylic acids is 1. The maximum atomic E-state index is 11.3. The number of aromatic nitrogens is 2. The number of carbonyl (C=O) groups excluding carboxylic acids is 1. The van der Waals surface area contributed by atoms with Gasteiger partial charge in [0.1, 0.15) is 25.0 Å². The zero-order chi connectivity index (χ0) is 13.0.